The van der Waals surface area contributed by atoms with Crippen LogP contribution in [0.5, 0.6) is 0 Å². The molecule has 3 heterocycles. The van der Waals surface area contributed by atoms with E-state index in [0.29, 0.717) is 23.9 Å². The molecule has 0 saturated carbocycles. The maximum atomic E-state index is 13.5. The van der Waals surface area contributed by atoms with Gasteiger partial charge in [0.15, 0.2) is 0 Å². The van der Waals surface area contributed by atoms with Crippen LogP contribution in [0.1, 0.15) is 28.6 Å². The number of thiophene rings is 1. The first-order valence-corrected chi connectivity index (χ1v) is 11.2. The molecule has 0 aliphatic carbocycles. The number of oxazole rings is 1. The van der Waals surface area contributed by atoms with Gasteiger partial charge in [-0.15, -0.1) is 11.3 Å². The number of hydrogen-bond donors (Lipinski definition) is 0. The number of amides is 3. The Morgan fingerprint density at radius 3 is 2.34 bits per heavy atom. The van der Waals surface area contributed by atoms with Crippen molar-refractivity contribution in [2.75, 3.05) is 0 Å². The van der Waals surface area contributed by atoms with Crippen molar-refractivity contribution in [3.63, 3.8) is 0 Å². The number of nitrogens with zero attached hydrogens (tertiary/aromatic N) is 3. The third-order valence-electron chi connectivity index (χ3n) is 5.53. The second kappa shape index (κ2) is 8.43. The molecular formula is C25H21N3O3S. The van der Waals surface area contributed by atoms with Crippen molar-refractivity contribution in [1.82, 2.24) is 14.8 Å². The van der Waals surface area contributed by atoms with E-state index in [1.165, 1.54) is 16.2 Å². The summed E-state index contributed by atoms with van der Waals surface area (Å²) in [5.41, 5.74) is 2.35. The van der Waals surface area contributed by atoms with E-state index in [1.807, 2.05) is 78.2 Å². The zero-order chi connectivity index (χ0) is 22.1. The van der Waals surface area contributed by atoms with E-state index < -0.39 is 6.04 Å². The van der Waals surface area contributed by atoms with Crippen molar-refractivity contribution in [2.24, 2.45) is 0 Å². The number of carbonyl (C=O) groups excluding carboxylic acids is 2. The molecule has 1 fully saturated rings. The lowest BCUT2D eigenvalue weighted by Crippen LogP contribution is -2.32. The van der Waals surface area contributed by atoms with E-state index in [4.69, 9.17) is 4.42 Å². The van der Waals surface area contributed by atoms with Gasteiger partial charge in [0.2, 0.25) is 5.89 Å². The molecule has 4 aromatic rings. The average Bonchev–Trinajstić information content (AvgIpc) is 3.52. The Balaban J connectivity index is 1.47. The zero-order valence-electron chi connectivity index (χ0n) is 17.5. The van der Waals surface area contributed by atoms with Crippen LogP contribution in [0, 0.1) is 6.92 Å². The number of imide groups is 1. The summed E-state index contributed by atoms with van der Waals surface area (Å²) in [4.78, 5) is 35.3. The average molecular weight is 444 g/mol. The first kappa shape index (κ1) is 20.2. The highest BCUT2D eigenvalue weighted by atomic mass is 32.1. The van der Waals surface area contributed by atoms with Crippen molar-refractivity contribution in [3.8, 4) is 10.8 Å². The summed E-state index contributed by atoms with van der Waals surface area (Å²) in [5, 5.41) is 1.95. The number of aryl methyl sites for hydroxylation is 1. The van der Waals surface area contributed by atoms with Gasteiger partial charge in [-0.2, -0.15) is 0 Å². The van der Waals surface area contributed by atoms with Gasteiger partial charge in [0, 0.05) is 6.54 Å². The molecule has 0 radical (unpaired) electrons. The maximum absolute atomic E-state index is 13.5. The summed E-state index contributed by atoms with van der Waals surface area (Å²) in [6, 6.07) is 22.0. The normalized spacial score (nSPS) is 16.2. The summed E-state index contributed by atoms with van der Waals surface area (Å²) in [5.74, 6) is 0.858. The Hall–Kier alpha value is -3.71. The van der Waals surface area contributed by atoms with Gasteiger partial charge >= 0.3 is 6.03 Å². The molecule has 5 rings (SSSR count). The molecule has 32 heavy (non-hydrogen) atoms. The lowest BCUT2D eigenvalue weighted by atomic mass is 10.1. The molecule has 2 aromatic carbocycles. The van der Waals surface area contributed by atoms with E-state index in [0.717, 1.165) is 16.0 Å². The summed E-state index contributed by atoms with van der Waals surface area (Å²) in [7, 11) is 0. The minimum Gasteiger partial charge on any atom is -0.440 e. The summed E-state index contributed by atoms with van der Waals surface area (Å²) >= 11 is 1.53. The van der Waals surface area contributed by atoms with Crippen LogP contribution in [-0.4, -0.2) is 26.7 Å². The largest absolute Gasteiger partial charge is 0.440 e. The van der Waals surface area contributed by atoms with Crippen LogP contribution < -0.4 is 0 Å². The predicted octanol–water partition coefficient (Wildman–Crippen LogP) is 5.42. The number of urea groups is 1. The molecule has 7 heteroatoms. The lowest BCUT2D eigenvalue weighted by Gasteiger charge is -2.22. The van der Waals surface area contributed by atoms with Crippen LogP contribution in [0.15, 0.2) is 82.6 Å². The van der Waals surface area contributed by atoms with Crippen LogP contribution in [0.4, 0.5) is 4.79 Å². The Morgan fingerprint density at radius 1 is 0.938 bits per heavy atom. The molecule has 1 saturated heterocycles. The molecule has 2 aromatic heterocycles. The van der Waals surface area contributed by atoms with E-state index in [2.05, 4.69) is 4.98 Å². The van der Waals surface area contributed by atoms with E-state index >= 15 is 0 Å². The quantitative estimate of drug-likeness (QED) is 0.373. The van der Waals surface area contributed by atoms with Crippen LogP contribution in [-0.2, 0) is 17.9 Å². The smallest absolute Gasteiger partial charge is 0.328 e. The second-order valence-corrected chi connectivity index (χ2v) is 8.58. The number of benzene rings is 2. The number of aromatic nitrogens is 1. The van der Waals surface area contributed by atoms with Crippen molar-refractivity contribution >= 4 is 23.3 Å². The molecule has 1 aliphatic rings. The summed E-state index contributed by atoms with van der Waals surface area (Å²) in [6.07, 6.45) is 0. The van der Waals surface area contributed by atoms with Crippen LogP contribution in [0.3, 0.4) is 0 Å². The fourth-order valence-electron chi connectivity index (χ4n) is 3.91. The van der Waals surface area contributed by atoms with E-state index in [9.17, 15) is 9.59 Å². The monoisotopic (exact) mass is 443 g/mol. The molecule has 0 N–H and O–H groups in total. The predicted molar refractivity (Wildman–Crippen MR) is 122 cm³/mol. The van der Waals surface area contributed by atoms with Crippen molar-refractivity contribution < 1.29 is 14.0 Å². The Bertz CT molecular complexity index is 1240. The Labute approximate surface area is 189 Å². The van der Waals surface area contributed by atoms with Crippen molar-refractivity contribution in [1.29, 1.82) is 0 Å². The topological polar surface area (TPSA) is 66.7 Å². The van der Waals surface area contributed by atoms with E-state index in [1.54, 1.807) is 11.8 Å². The van der Waals surface area contributed by atoms with Crippen LogP contribution >= 0.6 is 11.3 Å². The molecule has 1 aliphatic heterocycles. The number of carbonyl (C=O) groups is 2. The van der Waals surface area contributed by atoms with Gasteiger partial charge in [-0.25, -0.2) is 9.78 Å². The summed E-state index contributed by atoms with van der Waals surface area (Å²) in [6.45, 7) is 2.23. The molecule has 160 valence electrons. The van der Waals surface area contributed by atoms with Crippen molar-refractivity contribution in [3.05, 3.63) is 101 Å². The Kier molecular flexibility index (Phi) is 5.33. The van der Waals surface area contributed by atoms with Gasteiger partial charge in [-0.1, -0.05) is 66.7 Å². The first-order chi connectivity index (χ1) is 15.6. The molecule has 0 spiro atoms. The number of rotatable bonds is 6. The molecule has 1 atom stereocenters. The fourth-order valence-corrected chi connectivity index (χ4v) is 4.56. The minimum absolute atomic E-state index is 0.0764. The highest BCUT2D eigenvalue weighted by Gasteiger charge is 2.46. The molecule has 3 amide bonds. The van der Waals surface area contributed by atoms with Gasteiger partial charge in [0.05, 0.1) is 11.4 Å². The second-order valence-electron chi connectivity index (χ2n) is 7.63. The highest BCUT2D eigenvalue weighted by Crippen LogP contribution is 2.34. The maximum Gasteiger partial charge on any atom is 0.328 e. The first-order valence-electron chi connectivity index (χ1n) is 10.3. The van der Waals surface area contributed by atoms with Gasteiger partial charge in [0.25, 0.3) is 5.91 Å². The van der Waals surface area contributed by atoms with E-state index in [-0.39, 0.29) is 18.5 Å². The van der Waals surface area contributed by atoms with Crippen LogP contribution in [0.25, 0.3) is 10.8 Å². The molecular weight excluding hydrogens is 422 g/mol. The Morgan fingerprint density at radius 2 is 1.66 bits per heavy atom. The molecule has 6 nitrogen and oxygen atoms in total. The van der Waals surface area contributed by atoms with Gasteiger partial charge in [0.1, 0.15) is 17.5 Å². The zero-order valence-corrected chi connectivity index (χ0v) is 18.3. The number of hydrogen-bond acceptors (Lipinski definition) is 5. The highest BCUT2D eigenvalue weighted by molar-refractivity contribution is 7.13. The minimum atomic E-state index is -0.673. The SMILES string of the molecule is Cc1oc(-c2cccs2)nc1CN1C(=O)C(c2ccccc2)N(Cc2ccccc2)C1=O. The molecule has 1 unspecified atom stereocenters. The third-order valence-corrected chi connectivity index (χ3v) is 6.39. The third kappa shape index (κ3) is 3.71. The lowest BCUT2D eigenvalue weighted by molar-refractivity contribution is -0.129. The van der Waals surface area contributed by atoms with Crippen molar-refractivity contribution in [2.45, 2.75) is 26.1 Å². The van der Waals surface area contributed by atoms with Gasteiger partial charge < -0.3 is 9.32 Å². The summed E-state index contributed by atoms with van der Waals surface area (Å²) < 4.78 is 5.81. The fraction of sp³-hybridized carbons (Fsp3) is 0.160. The molecule has 0 bridgehead atoms. The standard InChI is InChI=1S/C25H21N3O3S/c1-17-20(26-23(31-17)21-13-8-14-32-21)16-28-24(29)22(19-11-6-3-7-12-19)27(25(28)30)15-18-9-4-2-5-10-18/h2-14,22H,15-16H2,1H3. The van der Waals surface area contributed by atoms with Gasteiger partial charge in [-0.05, 0) is 29.5 Å². The van der Waals surface area contributed by atoms with Gasteiger partial charge in [-0.3, -0.25) is 9.69 Å². The van der Waals surface area contributed by atoms with Crippen LogP contribution in [0.2, 0.25) is 0 Å².